The first-order valence-corrected chi connectivity index (χ1v) is 7.43. The standard InChI is InChI=1S/C14H14ClF2N3O/c15-11-9(16)5-8-13(12(11)17)21-19-14(8)18-10-6-20-3-1-7(10)2-4-20/h5,7,10H,1-4,6H2,(H,18,19)/t10-/m0/s1. The molecule has 112 valence electrons. The summed E-state index contributed by atoms with van der Waals surface area (Å²) in [7, 11) is 0. The Labute approximate surface area is 125 Å². The number of aromatic nitrogens is 1. The van der Waals surface area contributed by atoms with Crippen LogP contribution in [0.15, 0.2) is 10.6 Å². The average molecular weight is 314 g/mol. The maximum atomic E-state index is 13.9. The van der Waals surface area contributed by atoms with Crippen LogP contribution in [-0.4, -0.2) is 35.7 Å². The smallest absolute Gasteiger partial charge is 0.206 e. The molecule has 4 nitrogen and oxygen atoms in total. The highest BCUT2D eigenvalue weighted by Crippen LogP contribution is 2.34. The summed E-state index contributed by atoms with van der Waals surface area (Å²) >= 11 is 5.54. The molecule has 7 heteroatoms. The summed E-state index contributed by atoms with van der Waals surface area (Å²) in [5.41, 5.74) is -0.106. The minimum atomic E-state index is -0.902. The second-order valence-corrected chi connectivity index (χ2v) is 6.16. The van der Waals surface area contributed by atoms with Crippen molar-refractivity contribution in [2.24, 2.45) is 5.92 Å². The fourth-order valence-corrected chi connectivity index (χ4v) is 3.53. The summed E-state index contributed by atoms with van der Waals surface area (Å²) in [6, 6.07) is 1.41. The second kappa shape index (κ2) is 4.81. The molecule has 5 rings (SSSR count). The van der Waals surface area contributed by atoms with Crippen LogP contribution in [0.25, 0.3) is 11.0 Å². The first kappa shape index (κ1) is 13.3. The van der Waals surface area contributed by atoms with Crippen molar-refractivity contribution in [3.05, 3.63) is 22.7 Å². The van der Waals surface area contributed by atoms with Crippen LogP contribution in [0, 0.1) is 17.6 Å². The van der Waals surface area contributed by atoms with Gasteiger partial charge in [-0.05, 0) is 37.9 Å². The summed E-state index contributed by atoms with van der Waals surface area (Å²) in [4.78, 5) is 2.39. The minimum absolute atomic E-state index is 0.106. The molecular weight excluding hydrogens is 300 g/mol. The molecule has 0 spiro atoms. The lowest BCUT2D eigenvalue weighted by Crippen LogP contribution is -2.53. The third-order valence-corrected chi connectivity index (χ3v) is 4.93. The van der Waals surface area contributed by atoms with Crippen LogP contribution >= 0.6 is 11.6 Å². The Balaban J connectivity index is 1.68. The van der Waals surface area contributed by atoms with E-state index in [2.05, 4.69) is 15.4 Å². The SMILES string of the molecule is Fc1cc2c(N[C@H]3CN4CCC3CC4)noc2c(F)c1Cl. The minimum Gasteiger partial charge on any atom is -0.362 e. The van der Waals surface area contributed by atoms with Crippen LogP contribution in [-0.2, 0) is 0 Å². The molecule has 1 N–H and O–H groups in total. The van der Waals surface area contributed by atoms with Gasteiger partial charge < -0.3 is 14.7 Å². The van der Waals surface area contributed by atoms with Gasteiger partial charge in [0.1, 0.15) is 10.8 Å². The Morgan fingerprint density at radius 1 is 1.33 bits per heavy atom. The van der Waals surface area contributed by atoms with Crippen LogP contribution in [0.4, 0.5) is 14.6 Å². The lowest BCUT2D eigenvalue weighted by molar-refractivity contribution is 0.0973. The van der Waals surface area contributed by atoms with Gasteiger partial charge in [0, 0.05) is 12.6 Å². The van der Waals surface area contributed by atoms with Gasteiger partial charge in [0.05, 0.1) is 5.39 Å². The van der Waals surface area contributed by atoms with Crippen molar-refractivity contribution >= 4 is 28.4 Å². The number of fused-ring (bicyclic) bond motifs is 4. The van der Waals surface area contributed by atoms with E-state index in [1.807, 2.05) is 0 Å². The Kier molecular flexibility index (Phi) is 3.04. The lowest BCUT2D eigenvalue weighted by Gasteiger charge is -2.44. The van der Waals surface area contributed by atoms with Gasteiger partial charge >= 0.3 is 0 Å². The molecule has 3 aliphatic rings. The number of halogens is 3. The van der Waals surface area contributed by atoms with Gasteiger partial charge in [0.15, 0.2) is 11.6 Å². The highest BCUT2D eigenvalue weighted by atomic mass is 35.5. The number of benzene rings is 1. The Morgan fingerprint density at radius 3 is 2.76 bits per heavy atom. The molecule has 0 unspecified atom stereocenters. The highest BCUT2D eigenvalue weighted by molar-refractivity contribution is 6.31. The molecule has 0 amide bonds. The Bertz CT molecular complexity index is 697. The van der Waals surface area contributed by atoms with Crippen molar-refractivity contribution < 1.29 is 13.3 Å². The molecule has 3 fully saturated rings. The first-order chi connectivity index (χ1) is 10.1. The Morgan fingerprint density at radius 2 is 2.10 bits per heavy atom. The molecule has 3 aliphatic heterocycles. The molecule has 1 aromatic carbocycles. The van der Waals surface area contributed by atoms with E-state index < -0.39 is 16.7 Å². The predicted molar refractivity (Wildman–Crippen MR) is 75.5 cm³/mol. The van der Waals surface area contributed by atoms with Crippen molar-refractivity contribution in [3.8, 4) is 0 Å². The molecule has 0 radical (unpaired) electrons. The van der Waals surface area contributed by atoms with Gasteiger partial charge in [-0.1, -0.05) is 16.8 Å². The van der Waals surface area contributed by atoms with Gasteiger partial charge in [-0.2, -0.15) is 0 Å². The quantitative estimate of drug-likeness (QED) is 0.864. The summed E-state index contributed by atoms with van der Waals surface area (Å²) in [5.74, 6) is -0.745. The van der Waals surface area contributed by atoms with Crippen LogP contribution in [0.2, 0.25) is 5.02 Å². The van der Waals surface area contributed by atoms with Crippen molar-refractivity contribution in [2.45, 2.75) is 18.9 Å². The first-order valence-electron chi connectivity index (χ1n) is 7.05. The molecule has 0 aliphatic carbocycles. The molecule has 0 saturated carbocycles. The number of rotatable bonds is 2. The van der Waals surface area contributed by atoms with Crippen LogP contribution < -0.4 is 5.32 Å². The molecular formula is C14H14ClF2N3O. The van der Waals surface area contributed by atoms with Gasteiger partial charge in [0.25, 0.3) is 0 Å². The van der Waals surface area contributed by atoms with Crippen LogP contribution in [0.3, 0.4) is 0 Å². The van der Waals surface area contributed by atoms with Gasteiger partial charge in [-0.3, -0.25) is 0 Å². The summed E-state index contributed by atoms with van der Waals surface area (Å²) in [5, 5.41) is 6.87. The molecule has 1 atom stereocenters. The molecule has 2 bridgehead atoms. The van der Waals surface area contributed by atoms with Crippen molar-refractivity contribution in [1.29, 1.82) is 0 Å². The summed E-state index contributed by atoms with van der Waals surface area (Å²) < 4.78 is 32.5. The van der Waals surface area contributed by atoms with Crippen molar-refractivity contribution in [2.75, 3.05) is 25.0 Å². The number of hydrogen-bond acceptors (Lipinski definition) is 4. The molecule has 1 aromatic heterocycles. The average Bonchev–Trinajstić information content (AvgIpc) is 2.89. The van der Waals surface area contributed by atoms with Gasteiger partial charge in [-0.25, -0.2) is 8.78 Å². The largest absolute Gasteiger partial charge is 0.362 e. The van der Waals surface area contributed by atoms with Crippen LogP contribution in [0.1, 0.15) is 12.8 Å². The fraction of sp³-hybridized carbons (Fsp3) is 0.500. The molecule has 3 saturated heterocycles. The second-order valence-electron chi connectivity index (χ2n) is 5.78. The number of nitrogens with one attached hydrogen (secondary N) is 1. The molecule has 4 heterocycles. The third kappa shape index (κ3) is 2.08. The van der Waals surface area contributed by atoms with E-state index in [-0.39, 0.29) is 11.6 Å². The van der Waals surface area contributed by atoms with Crippen molar-refractivity contribution in [1.82, 2.24) is 10.1 Å². The highest BCUT2D eigenvalue weighted by Gasteiger charge is 2.35. The third-order valence-electron chi connectivity index (χ3n) is 4.58. The van der Waals surface area contributed by atoms with E-state index in [1.165, 1.54) is 6.07 Å². The van der Waals surface area contributed by atoms with E-state index in [0.717, 1.165) is 32.5 Å². The topological polar surface area (TPSA) is 41.3 Å². The monoisotopic (exact) mass is 313 g/mol. The fourth-order valence-electron chi connectivity index (χ4n) is 3.39. The van der Waals surface area contributed by atoms with Crippen molar-refractivity contribution in [3.63, 3.8) is 0 Å². The zero-order valence-corrected chi connectivity index (χ0v) is 12.0. The Hall–Kier alpha value is -1.40. The zero-order valence-electron chi connectivity index (χ0n) is 11.2. The summed E-state index contributed by atoms with van der Waals surface area (Å²) in [6.07, 6.45) is 2.28. The van der Waals surface area contributed by atoms with Crippen LogP contribution in [0.5, 0.6) is 0 Å². The van der Waals surface area contributed by atoms with Gasteiger partial charge in [0.2, 0.25) is 5.58 Å². The summed E-state index contributed by atoms with van der Waals surface area (Å²) in [6.45, 7) is 3.18. The number of anilines is 1. The van der Waals surface area contributed by atoms with E-state index in [9.17, 15) is 8.78 Å². The zero-order chi connectivity index (χ0) is 14.6. The maximum Gasteiger partial charge on any atom is 0.206 e. The predicted octanol–water partition coefficient (Wildman–Crippen LogP) is 3.27. The lowest BCUT2D eigenvalue weighted by atomic mass is 9.84. The maximum absolute atomic E-state index is 13.9. The number of hydrogen-bond donors (Lipinski definition) is 1. The van der Waals surface area contributed by atoms with E-state index >= 15 is 0 Å². The van der Waals surface area contributed by atoms with Gasteiger partial charge in [-0.15, -0.1) is 0 Å². The number of nitrogens with zero attached hydrogens (tertiary/aromatic N) is 2. The number of piperidine rings is 3. The van der Waals surface area contributed by atoms with E-state index in [0.29, 0.717) is 17.1 Å². The normalized spacial score (nSPS) is 28.2. The molecule has 2 aromatic rings. The van der Waals surface area contributed by atoms with E-state index in [4.69, 9.17) is 16.1 Å². The van der Waals surface area contributed by atoms with E-state index in [1.54, 1.807) is 0 Å². The molecule has 21 heavy (non-hydrogen) atoms.